The normalized spacial score (nSPS) is 50.5. The van der Waals surface area contributed by atoms with Crippen LogP contribution in [0.15, 0.2) is 58.7 Å². The predicted molar refractivity (Wildman–Crippen MR) is 471 cm³/mol. The van der Waals surface area contributed by atoms with Gasteiger partial charge in [0, 0.05) is 50.4 Å². The average molecular weight is 1610 g/mol. The van der Waals surface area contributed by atoms with Crippen molar-refractivity contribution in [1.82, 2.24) is 0 Å². The summed E-state index contributed by atoms with van der Waals surface area (Å²) in [5.74, 6) is 18.0. The van der Waals surface area contributed by atoms with E-state index in [-0.39, 0.29) is 50.8 Å². The second-order valence-electron chi connectivity index (χ2n) is 48.4. The SMILES string of the molecule is CC(=O)[C@@H]1CC[C@@H]2[C@H]3CC[C@H]4CC(=O)CC[C@]4(C)[C@H]3CC[C@@]21C.CC(=O)[C@H]1CC[C@H]2[C@@H]3CC[C@@H]4CC(=O)CC[C@@]4(C)[C@@H]3CC[C@]12C.CC(C)[C@@H](C)/C=C/[C@@H](C)[C@H]1CC[C@H]2C3=CC=C4C[C@@H](O)CC[C@@]4(C)[C@@H]3CC[C@]12C.C[C@@]12CC[C@@H]3[C@@H](CCC4=CC(=O)CC[C@]43C)[C@H]1CC[C@H]2O.C[C@]12CC[C@H]3[C@@H](CCC4=CC(=O)CC[C@@]43C)[C@@H]1CC[C@@H]2O. The molecular formula is C108H164O9. The molecule has 0 amide bonds. The number of hydrogen-bond donors (Lipinski definition) is 3. The van der Waals surface area contributed by atoms with Crippen molar-refractivity contribution in [3.05, 3.63) is 58.7 Å². The number of hydrogen-bond acceptors (Lipinski definition) is 9. The maximum atomic E-state index is 12.2. The molecule has 20 aliphatic rings. The topological polar surface area (TPSA) is 163 Å². The van der Waals surface area contributed by atoms with Gasteiger partial charge < -0.3 is 15.3 Å². The molecule has 34 atom stereocenters. The van der Waals surface area contributed by atoms with Gasteiger partial charge in [0.05, 0.1) is 18.3 Å². The van der Waals surface area contributed by atoms with Gasteiger partial charge in [-0.2, -0.15) is 0 Å². The lowest BCUT2D eigenvalue weighted by molar-refractivity contribution is -0.143. The maximum Gasteiger partial charge on any atom is 0.155 e. The Labute approximate surface area is 710 Å². The second kappa shape index (κ2) is 32.2. The zero-order valence-corrected chi connectivity index (χ0v) is 76.7. The van der Waals surface area contributed by atoms with Gasteiger partial charge in [0.2, 0.25) is 0 Å². The summed E-state index contributed by atoms with van der Waals surface area (Å²) < 4.78 is 0. The molecule has 0 aliphatic heterocycles. The van der Waals surface area contributed by atoms with Crippen LogP contribution in [0.1, 0.15) is 374 Å². The van der Waals surface area contributed by atoms with Crippen LogP contribution in [-0.2, 0) is 28.8 Å². The molecule has 117 heavy (non-hydrogen) atoms. The molecule has 0 aromatic heterocycles. The molecule has 9 nitrogen and oxygen atoms in total. The summed E-state index contributed by atoms with van der Waals surface area (Å²) in [7, 11) is 0. The molecule has 0 spiro atoms. The summed E-state index contributed by atoms with van der Waals surface area (Å²) in [6.07, 6.45) is 60.3. The van der Waals surface area contributed by atoms with Gasteiger partial charge in [-0.3, -0.25) is 28.8 Å². The van der Waals surface area contributed by atoms with Crippen LogP contribution in [0.25, 0.3) is 0 Å². The van der Waals surface area contributed by atoms with Gasteiger partial charge in [-0.05, 0) is 423 Å². The van der Waals surface area contributed by atoms with Crippen molar-refractivity contribution < 1.29 is 44.1 Å². The fourth-order valence-corrected chi connectivity index (χ4v) is 36.1. The molecule has 0 heterocycles. The van der Waals surface area contributed by atoms with Crippen molar-refractivity contribution in [3.8, 4) is 0 Å². The number of carbonyl (C=O) groups excluding carboxylic acids is 6. The van der Waals surface area contributed by atoms with E-state index in [9.17, 15) is 44.1 Å². The van der Waals surface area contributed by atoms with Crippen molar-refractivity contribution in [2.75, 3.05) is 0 Å². The second-order valence-corrected chi connectivity index (χ2v) is 48.4. The molecule has 0 bridgehead atoms. The summed E-state index contributed by atoms with van der Waals surface area (Å²) in [6.45, 7) is 37.6. The standard InChI is InChI=1S/C28H44O.2C21H32O2.2C19H28O2/c1-18(2)19(3)7-8-20(4)24-11-12-25-23-10-9-21-17-22(29)13-15-27(21,5)26(23)14-16-28(24,25)6;2*1-13(22)17-6-7-18-16-5-4-14-12-15(23)8-10-20(14,2)19(16)9-11-21(17,18)3;2*1-18-9-7-13(20)11-12(18)3-4-14-15-5-6-17(21)19(15,2)10-8-16(14)18/h7-10,18-20,22,24-26,29H,11-17H2,1-6H3;2*14,16-19H,4-12H2,1-3H3;2*11,14-17,21H,3-10H2,1-2H3/b8-7+;;;;/t19-,20+,22-,24+,25-,26+,27+,28+;14-,16+,17-,18+,19-,20-,21+;14-,16+,17-,18+,19-,20-,21-;14-,15+,16+,17+,18+,19+;14-,15-,16-,17-,18-,19-/m00100/s1. The first kappa shape index (κ1) is 87.1. The molecule has 650 valence electrons. The number of carbonyl (C=O) groups is 6. The van der Waals surface area contributed by atoms with Gasteiger partial charge in [-0.1, -0.05) is 144 Å². The smallest absolute Gasteiger partial charge is 0.155 e. The van der Waals surface area contributed by atoms with Gasteiger partial charge in [-0.25, -0.2) is 0 Å². The third-order valence-electron chi connectivity index (χ3n) is 43.8. The average Bonchev–Trinajstić information content (AvgIpc) is 1.70. The first-order valence-electron chi connectivity index (χ1n) is 49.9. The van der Waals surface area contributed by atoms with Crippen LogP contribution in [0, 0.1) is 184 Å². The molecule has 17 saturated carbocycles. The van der Waals surface area contributed by atoms with E-state index in [0.29, 0.717) is 104 Å². The van der Waals surface area contributed by atoms with Crippen molar-refractivity contribution in [2.24, 2.45) is 184 Å². The number of aliphatic hydroxyl groups is 3. The first-order chi connectivity index (χ1) is 55.3. The van der Waals surface area contributed by atoms with E-state index in [1.165, 1.54) is 164 Å². The summed E-state index contributed by atoms with van der Waals surface area (Å²) in [5.41, 5.74) is 9.16. The molecule has 0 aromatic carbocycles. The quantitative estimate of drug-likeness (QED) is 0.220. The molecule has 20 rings (SSSR count). The maximum absolute atomic E-state index is 12.2. The summed E-state index contributed by atoms with van der Waals surface area (Å²) >= 11 is 0. The monoisotopic (exact) mass is 1610 g/mol. The molecule has 17 fully saturated rings. The minimum absolute atomic E-state index is 0.0823. The van der Waals surface area contributed by atoms with E-state index in [2.05, 4.69) is 121 Å². The predicted octanol–water partition coefficient (Wildman–Crippen LogP) is 24.7. The summed E-state index contributed by atoms with van der Waals surface area (Å²) in [4.78, 5) is 71.8. The molecule has 0 unspecified atom stereocenters. The van der Waals surface area contributed by atoms with Crippen LogP contribution in [0.2, 0.25) is 0 Å². The highest BCUT2D eigenvalue weighted by molar-refractivity contribution is 5.92. The van der Waals surface area contributed by atoms with Crippen LogP contribution in [0.3, 0.4) is 0 Å². The Morgan fingerprint density at radius 1 is 0.359 bits per heavy atom. The number of ketones is 6. The molecule has 0 aromatic rings. The van der Waals surface area contributed by atoms with Crippen LogP contribution >= 0.6 is 0 Å². The van der Waals surface area contributed by atoms with Crippen LogP contribution < -0.4 is 0 Å². The molecule has 0 radical (unpaired) electrons. The van der Waals surface area contributed by atoms with Gasteiger partial charge in [0.15, 0.2) is 11.6 Å². The third kappa shape index (κ3) is 14.6. The zero-order chi connectivity index (χ0) is 83.4. The van der Waals surface area contributed by atoms with Crippen molar-refractivity contribution in [2.45, 2.75) is 392 Å². The fraction of sp³-hybridized carbons (Fsp3) is 0.852. The number of fused-ring (bicyclic) bond motifs is 25. The van der Waals surface area contributed by atoms with Gasteiger partial charge in [-0.15, -0.1) is 0 Å². The fourth-order valence-electron chi connectivity index (χ4n) is 36.1. The number of Topliss-reactive ketones (excluding diaryl/α,β-unsaturated/α-hetero) is 4. The first-order valence-corrected chi connectivity index (χ1v) is 49.9. The minimum atomic E-state index is -0.116. The van der Waals surface area contributed by atoms with Crippen LogP contribution in [-0.4, -0.2) is 68.3 Å². The Bertz CT molecular complexity index is 3770. The van der Waals surface area contributed by atoms with E-state index < -0.39 is 0 Å². The Morgan fingerprint density at radius 3 is 1.26 bits per heavy atom. The van der Waals surface area contributed by atoms with Crippen LogP contribution in [0.4, 0.5) is 0 Å². The van der Waals surface area contributed by atoms with E-state index >= 15 is 0 Å². The minimum Gasteiger partial charge on any atom is -0.393 e. The molecule has 20 aliphatic carbocycles. The van der Waals surface area contributed by atoms with E-state index in [1.807, 2.05) is 26.0 Å². The lowest BCUT2D eigenvalue weighted by atomic mass is 9.44. The van der Waals surface area contributed by atoms with Crippen LogP contribution in [0.5, 0.6) is 0 Å². The summed E-state index contributed by atoms with van der Waals surface area (Å²) in [5, 5.41) is 31.1. The van der Waals surface area contributed by atoms with Gasteiger partial charge in [0.1, 0.15) is 23.1 Å². The largest absolute Gasteiger partial charge is 0.393 e. The van der Waals surface area contributed by atoms with E-state index in [1.54, 1.807) is 5.57 Å². The Hall–Kier alpha value is -3.40. The Kier molecular flexibility index (Phi) is 24.0. The van der Waals surface area contributed by atoms with E-state index in [0.717, 1.165) is 198 Å². The molecule has 9 heteroatoms. The number of aliphatic hydroxyl groups excluding tert-OH is 3. The van der Waals surface area contributed by atoms with Crippen molar-refractivity contribution >= 4 is 34.7 Å². The third-order valence-corrected chi connectivity index (χ3v) is 43.8. The van der Waals surface area contributed by atoms with Gasteiger partial charge in [0.25, 0.3) is 0 Å². The lowest BCUT2D eigenvalue weighted by Crippen LogP contribution is -2.53. The van der Waals surface area contributed by atoms with Crippen molar-refractivity contribution in [3.63, 3.8) is 0 Å². The molecule has 3 N–H and O–H groups in total. The lowest BCUT2D eigenvalue weighted by Gasteiger charge is -2.60. The Balaban J connectivity index is 0.000000110. The highest BCUT2D eigenvalue weighted by atomic mass is 16.3. The van der Waals surface area contributed by atoms with Crippen molar-refractivity contribution in [1.29, 1.82) is 0 Å². The highest BCUT2D eigenvalue weighted by Crippen LogP contribution is 2.73. The number of allylic oxidation sites excluding steroid dienone is 7. The number of rotatable bonds is 6. The molecular weight excluding hydrogens is 1440 g/mol. The highest BCUT2D eigenvalue weighted by Gasteiger charge is 2.66. The van der Waals surface area contributed by atoms with E-state index in [4.69, 9.17) is 0 Å². The summed E-state index contributed by atoms with van der Waals surface area (Å²) in [6, 6.07) is 0. The zero-order valence-electron chi connectivity index (χ0n) is 76.7. The molecule has 0 saturated heterocycles. The van der Waals surface area contributed by atoms with Gasteiger partial charge >= 0.3 is 0 Å². The Morgan fingerprint density at radius 2 is 0.786 bits per heavy atom.